The predicted molar refractivity (Wildman–Crippen MR) is 82.6 cm³/mol. The Morgan fingerprint density at radius 3 is 2.90 bits per heavy atom. The zero-order valence-electron chi connectivity index (χ0n) is 12.0. The summed E-state index contributed by atoms with van der Waals surface area (Å²) in [6.07, 6.45) is 0.873. The molecule has 0 aliphatic carbocycles. The van der Waals surface area contributed by atoms with E-state index in [1.54, 1.807) is 6.07 Å². The second-order valence-corrected chi connectivity index (χ2v) is 6.23. The van der Waals surface area contributed by atoms with Crippen LogP contribution in [0.5, 0.6) is 0 Å². The third kappa shape index (κ3) is 3.14. The van der Waals surface area contributed by atoms with E-state index in [9.17, 15) is 9.59 Å². The van der Waals surface area contributed by atoms with Crippen LogP contribution in [-0.2, 0) is 11.2 Å². The predicted octanol–water partition coefficient (Wildman–Crippen LogP) is 0.691. The zero-order chi connectivity index (χ0) is 14.8. The summed E-state index contributed by atoms with van der Waals surface area (Å²) >= 11 is 1.45. The van der Waals surface area contributed by atoms with Crippen LogP contribution in [0.3, 0.4) is 0 Å². The maximum atomic E-state index is 12.2. The van der Waals surface area contributed by atoms with Gasteiger partial charge in [-0.25, -0.2) is 4.98 Å². The van der Waals surface area contributed by atoms with E-state index in [4.69, 9.17) is 0 Å². The van der Waals surface area contributed by atoms with Gasteiger partial charge in [0.2, 0.25) is 5.91 Å². The second kappa shape index (κ2) is 5.95. The molecular formula is C14H18N4O2S. The van der Waals surface area contributed by atoms with Gasteiger partial charge in [-0.2, -0.15) is 0 Å². The first-order valence-electron chi connectivity index (χ1n) is 7.06. The smallest absolute Gasteiger partial charge is 0.259 e. The number of nitrogens with one attached hydrogen (secondary N) is 1. The number of fused-ring (bicyclic) bond motifs is 1. The molecule has 3 rings (SSSR count). The number of thiophene rings is 1. The molecule has 112 valence electrons. The van der Waals surface area contributed by atoms with Crippen LogP contribution in [0.2, 0.25) is 0 Å². The fourth-order valence-electron chi connectivity index (χ4n) is 2.47. The van der Waals surface area contributed by atoms with Crippen molar-refractivity contribution in [3.05, 3.63) is 27.6 Å². The number of nitrogens with zero attached hydrogens (tertiary/aromatic N) is 3. The van der Waals surface area contributed by atoms with Crippen LogP contribution >= 0.6 is 11.3 Å². The SMILES string of the molecule is CN1CCN(C(=O)CCc2nc3sccc3c(=O)[nH]2)CC1. The highest BCUT2D eigenvalue weighted by atomic mass is 32.1. The molecule has 0 atom stereocenters. The minimum Gasteiger partial charge on any atom is -0.340 e. The van der Waals surface area contributed by atoms with Gasteiger partial charge in [-0.15, -0.1) is 11.3 Å². The average molecular weight is 306 g/mol. The second-order valence-electron chi connectivity index (χ2n) is 5.34. The maximum absolute atomic E-state index is 12.2. The third-order valence-corrected chi connectivity index (χ3v) is 4.62. The number of hydrogen-bond acceptors (Lipinski definition) is 5. The molecule has 0 unspecified atom stereocenters. The fourth-order valence-corrected chi connectivity index (χ4v) is 3.25. The Labute approximate surface area is 126 Å². The summed E-state index contributed by atoms with van der Waals surface area (Å²) in [5.41, 5.74) is -0.122. The van der Waals surface area contributed by atoms with Crippen LogP contribution in [0, 0.1) is 0 Å². The summed E-state index contributed by atoms with van der Waals surface area (Å²) in [5, 5.41) is 2.47. The highest BCUT2D eigenvalue weighted by Crippen LogP contribution is 2.14. The van der Waals surface area contributed by atoms with Crippen LogP contribution in [0.4, 0.5) is 0 Å². The normalized spacial score (nSPS) is 16.5. The molecule has 3 heterocycles. The minimum absolute atomic E-state index is 0.122. The van der Waals surface area contributed by atoms with Crippen LogP contribution in [-0.4, -0.2) is 58.9 Å². The first-order chi connectivity index (χ1) is 10.1. The Balaban J connectivity index is 1.63. The summed E-state index contributed by atoms with van der Waals surface area (Å²) in [5.74, 6) is 0.731. The molecule has 1 aliphatic heterocycles. The van der Waals surface area contributed by atoms with Crippen LogP contribution in [0.25, 0.3) is 10.2 Å². The lowest BCUT2D eigenvalue weighted by molar-refractivity contribution is -0.132. The lowest BCUT2D eigenvalue weighted by Gasteiger charge is -2.32. The molecular weight excluding hydrogens is 288 g/mol. The first kappa shape index (κ1) is 14.2. The van der Waals surface area contributed by atoms with Crippen molar-refractivity contribution in [2.75, 3.05) is 33.2 Å². The third-order valence-electron chi connectivity index (χ3n) is 3.82. The maximum Gasteiger partial charge on any atom is 0.259 e. The standard InChI is InChI=1S/C14H18N4O2S/c1-17-5-7-18(8-6-17)12(19)3-2-11-15-13(20)10-4-9-21-14(10)16-11/h4,9H,2-3,5-8H2,1H3,(H,15,16,20). The number of H-pyrrole nitrogens is 1. The van der Waals surface area contributed by atoms with E-state index >= 15 is 0 Å². The van der Waals surface area contributed by atoms with Gasteiger partial charge in [-0.3, -0.25) is 9.59 Å². The number of carbonyl (C=O) groups excluding carboxylic acids is 1. The van der Waals surface area contributed by atoms with Gasteiger partial charge in [0.1, 0.15) is 10.7 Å². The molecule has 0 saturated carbocycles. The number of amides is 1. The molecule has 7 heteroatoms. The molecule has 0 aromatic carbocycles. The summed E-state index contributed by atoms with van der Waals surface area (Å²) in [4.78, 5) is 36.0. The molecule has 1 fully saturated rings. The van der Waals surface area contributed by atoms with E-state index in [0.717, 1.165) is 31.0 Å². The number of hydrogen-bond donors (Lipinski definition) is 1. The van der Waals surface area contributed by atoms with Gasteiger partial charge < -0.3 is 14.8 Å². The number of likely N-dealkylation sites (N-methyl/N-ethyl adjacent to an activating group) is 1. The van der Waals surface area contributed by atoms with E-state index in [1.807, 2.05) is 10.3 Å². The summed E-state index contributed by atoms with van der Waals surface area (Å²) in [7, 11) is 2.06. The Morgan fingerprint density at radius 2 is 2.14 bits per heavy atom. The highest BCUT2D eigenvalue weighted by molar-refractivity contribution is 7.16. The average Bonchev–Trinajstić information content (AvgIpc) is 2.94. The van der Waals surface area contributed by atoms with Crippen LogP contribution in [0.1, 0.15) is 12.2 Å². The van der Waals surface area contributed by atoms with Crippen molar-refractivity contribution in [1.29, 1.82) is 0 Å². The van der Waals surface area contributed by atoms with Crippen molar-refractivity contribution in [3.8, 4) is 0 Å². The van der Waals surface area contributed by atoms with Gasteiger partial charge in [0.25, 0.3) is 5.56 Å². The summed E-state index contributed by atoms with van der Waals surface area (Å²) in [6.45, 7) is 3.40. The zero-order valence-corrected chi connectivity index (χ0v) is 12.8. The van der Waals surface area contributed by atoms with Gasteiger partial charge in [-0.05, 0) is 18.5 Å². The minimum atomic E-state index is -0.122. The number of aryl methyl sites for hydroxylation is 1. The van der Waals surface area contributed by atoms with Crippen molar-refractivity contribution in [2.45, 2.75) is 12.8 Å². The Morgan fingerprint density at radius 1 is 1.38 bits per heavy atom. The molecule has 1 saturated heterocycles. The quantitative estimate of drug-likeness (QED) is 0.906. The topological polar surface area (TPSA) is 69.3 Å². The van der Waals surface area contributed by atoms with Crippen LogP contribution < -0.4 is 5.56 Å². The number of carbonyl (C=O) groups is 1. The first-order valence-corrected chi connectivity index (χ1v) is 7.94. The molecule has 1 N–H and O–H groups in total. The van der Waals surface area contributed by atoms with Crippen molar-refractivity contribution >= 4 is 27.5 Å². The molecule has 0 bridgehead atoms. The lowest BCUT2D eigenvalue weighted by Crippen LogP contribution is -2.47. The van der Waals surface area contributed by atoms with Gasteiger partial charge in [-0.1, -0.05) is 0 Å². The molecule has 21 heavy (non-hydrogen) atoms. The Bertz CT molecular complexity index is 700. The lowest BCUT2D eigenvalue weighted by atomic mass is 10.2. The van der Waals surface area contributed by atoms with Gasteiger partial charge >= 0.3 is 0 Å². The summed E-state index contributed by atoms with van der Waals surface area (Å²) in [6, 6.07) is 1.77. The Kier molecular flexibility index (Phi) is 4.03. The Hall–Kier alpha value is -1.73. The largest absolute Gasteiger partial charge is 0.340 e. The number of aromatic amines is 1. The molecule has 2 aromatic heterocycles. The summed E-state index contributed by atoms with van der Waals surface area (Å²) < 4.78 is 0. The van der Waals surface area contributed by atoms with Gasteiger partial charge in [0, 0.05) is 39.0 Å². The highest BCUT2D eigenvalue weighted by Gasteiger charge is 2.19. The van der Waals surface area contributed by atoms with Crippen LogP contribution in [0.15, 0.2) is 16.2 Å². The molecule has 0 spiro atoms. The number of aromatic nitrogens is 2. The molecule has 1 aliphatic rings. The van der Waals surface area contributed by atoms with Crippen molar-refractivity contribution in [2.24, 2.45) is 0 Å². The van der Waals surface area contributed by atoms with Crippen molar-refractivity contribution < 1.29 is 4.79 Å². The van der Waals surface area contributed by atoms with E-state index in [0.29, 0.717) is 24.1 Å². The number of piperazine rings is 1. The van der Waals surface area contributed by atoms with E-state index in [2.05, 4.69) is 21.9 Å². The molecule has 0 radical (unpaired) electrons. The monoisotopic (exact) mass is 306 g/mol. The molecule has 2 aromatic rings. The molecule has 1 amide bonds. The van der Waals surface area contributed by atoms with E-state index in [1.165, 1.54) is 11.3 Å². The number of rotatable bonds is 3. The van der Waals surface area contributed by atoms with E-state index < -0.39 is 0 Å². The fraction of sp³-hybridized carbons (Fsp3) is 0.500. The van der Waals surface area contributed by atoms with Crippen molar-refractivity contribution in [1.82, 2.24) is 19.8 Å². The van der Waals surface area contributed by atoms with Crippen molar-refractivity contribution in [3.63, 3.8) is 0 Å². The van der Waals surface area contributed by atoms with Gasteiger partial charge in [0.15, 0.2) is 0 Å². The molecule has 6 nitrogen and oxygen atoms in total. The van der Waals surface area contributed by atoms with E-state index in [-0.39, 0.29) is 11.5 Å². The van der Waals surface area contributed by atoms with Gasteiger partial charge in [0.05, 0.1) is 5.39 Å².